The average Bonchev–Trinajstić information content (AvgIpc) is 2.46. The first-order valence-corrected chi connectivity index (χ1v) is 6.40. The Labute approximate surface area is 118 Å². The highest BCUT2D eigenvalue weighted by Gasteiger charge is 2.16. The van der Waals surface area contributed by atoms with Crippen molar-refractivity contribution in [2.75, 3.05) is 7.11 Å². The van der Waals surface area contributed by atoms with Crippen LogP contribution < -0.4 is 4.74 Å². The van der Waals surface area contributed by atoms with E-state index < -0.39 is 0 Å². The fourth-order valence-corrected chi connectivity index (χ4v) is 2.28. The Balaban J connectivity index is 2.31. The molecule has 1 unspecified atom stereocenters. The lowest BCUT2D eigenvalue weighted by Gasteiger charge is -2.14. The third kappa shape index (κ3) is 3.07. The van der Waals surface area contributed by atoms with Crippen LogP contribution in [0.1, 0.15) is 17.0 Å². The fraction of sp³-hybridized carbons (Fsp3) is 0.188. The molecule has 0 spiro atoms. The molecule has 0 heterocycles. The van der Waals surface area contributed by atoms with Gasteiger partial charge in [0.1, 0.15) is 5.75 Å². The molecule has 2 aromatic carbocycles. The lowest BCUT2D eigenvalue weighted by Crippen LogP contribution is -2.03. The van der Waals surface area contributed by atoms with Gasteiger partial charge in [-0.15, -0.1) is 0 Å². The number of methoxy groups -OCH3 is 1. The van der Waals surface area contributed by atoms with Gasteiger partial charge in [-0.2, -0.15) is 5.26 Å². The predicted molar refractivity (Wildman–Crippen MR) is 76.5 cm³/mol. The van der Waals surface area contributed by atoms with Crippen LogP contribution in [0.3, 0.4) is 0 Å². The normalized spacial score (nSPS) is 11.6. The summed E-state index contributed by atoms with van der Waals surface area (Å²) in [6, 6.07) is 17.5. The van der Waals surface area contributed by atoms with Gasteiger partial charge >= 0.3 is 0 Å². The zero-order valence-corrected chi connectivity index (χ0v) is 11.4. The van der Waals surface area contributed by atoms with Gasteiger partial charge in [0, 0.05) is 10.6 Å². The van der Waals surface area contributed by atoms with Gasteiger partial charge in [0.05, 0.1) is 19.1 Å². The van der Waals surface area contributed by atoms with Crippen LogP contribution in [0, 0.1) is 11.3 Å². The largest absolute Gasteiger partial charge is 0.496 e. The number of para-hydroxylation sites is 1. The lowest BCUT2D eigenvalue weighted by atomic mass is 9.92. The van der Waals surface area contributed by atoms with Gasteiger partial charge in [0.15, 0.2) is 0 Å². The quantitative estimate of drug-likeness (QED) is 0.835. The van der Waals surface area contributed by atoms with Gasteiger partial charge in [-0.3, -0.25) is 0 Å². The highest BCUT2D eigenvalue weighted by atomic mass is 35.5. The van der Waals surface area contributed by atoms with E-state index >= 15 is 0 Å². The van der Waals surface area contributed by atoms with Crippen LogP contribution in [-0.4, -0.2) is 7.11 Å². The minimum Gasteiger partial charge on any atom is -0.496 e. The van der Waals surface area contributed by atoms with E-state index in [1.807, 2.05) is 48.5 Å². The highest BCUT2D eigenvalue weighted by Crippen LogP contribution is 2.30. The van der Waals surface area contributed by atoms with Crippen molar-refractivity contribution in [3.05, 3.63) is 64.7 Å². The number of nitrogens with zero attached hydrogens (tertiary/aromatic N) is 1. The first-order chi connectivity index (χ1) is 9.26. The number of hydrogen-bond donors (Lipinski definition) is 0. The van der Waals surface area contributed by atoms with Crippen LogP contribution in [0.25, 0.3) is 0 Å². The maximum Gasteiger partial charge on any atom is 0.123 e. The summed E-state index contributed by atoms with van der Waals surface area (Å²) in [5.41, 5.74) is 1.87. The molecule has 0 N–H and O–H groups in total. The first-order valence-electron chi connectivity index (χ1n) is 6.02. The summed E-state index contributed by atoms with van der Waals surface area (Å²) in [4.78, 5) is 0. The molecule has 0 radical (unpaired) electrons. The molecule has 0 fully saturated rings. The van der Waals surface area contributed by atoms with Crippen LogP contribution in [0.4, 0.5) is 0 Å². The Hall–Kier alpha value is -1.98. The zero-order chi connectivity index (χ0) is 13.7. The van der Waals surface area contributed by atoms with Crippen molar-refractivity contribution < 1.29 is 4.74 Å². The highest BCUT2D eigenvalue weighted by molar-refractivity contribution is 6.31. The molecule has 3 heteroatoms. The number of hydrogen-bond acceptors (Lipinski definition) is 2. The van der Waals surface area contributed by atoms with Crippen molar-refractivity contribution in [3.63, 3.8) is 0 Å². The van der Waals surface area contributed by atoms with Gasteiger partial charge in [-0.1, -0.05) is 48.0 Å². The number of halogens is 1. The fourth-order valence-electron chi connectivity index (χ4n) is 2.06. The molecule has 19 heavy (non-hydrogen) atoms. The maximum atomic E-state index is 9.40. The summed E-state index contributed by atoms with van der Waals surface area (Å²) < 4.78 is 5.31. The molecule has 0 saturated carbocycles. The molecule has 0 aliphatic carbocycles. The summed E-state index contributed by atoms with van der Waals surface area (Å²) in [7, 11) is 1.61. The molecule has 0 saturated heterocycles. The van der Waals surface area contributed by atoms with E-state index in [-0.39, 0.29) is 5.92 Å². The van der Waals surface area contributed by atoms with Crippen LogP contribution >= 0.6 is 11.6 Å². The summed E-state index contributed by atoms with van der Waals surface area (Å²) in [6.07, 6.45) is 0.580. The maximum absolute atomic E-state index is 9.40. The van der Waals surface area contributed by atoms with E-state index in [2.05, 4.69) is 6.07 Å². The second-order valence-electron chi connectivity index (χ2n) is 4.22. The smallest absolute Gasteiger partial charge is 0.123 e. The second-order valence-corrected chi connectivity index (χ2v) is 4.63. The number of benzene rings is 2. The third-order valence-corrected chi connectivity index (χ3v) is 3.42. The van der Waals surface area contributed by atoms with Crippen molar-refractivity contribution in [2.24, 2.45) is 0 Å². The van der Waals surface area contributed by atoms with Crippen LogP contribution in [0.5, 0.6) is 5.75 Å². The first kappa shape index (κ1) is 13.5. The summed E-state index contributed by atoms with van der Waals surface area (Å²) >= 11 is 6.15. The van der Waals surface area contributed by atoms with Gasteiger partial charge < -0.3 is 4.74 Å². The Kier molecular flexibility index (Phi) is 4.43. The molecule has 1 atom stereocenters. The van der Waals surface area contributed by atoms with E-state index in [0.29, 0.717) is 11.4 Å². The number of nitriles is 1. The van der Waals surface area contributed by atoms with Gasteiger partial charge in [-0.25, -0.2) is 0 Å². The van der Waals surface area contributed by atoms with E-state index in [1.54, 1.807) is 7.11 Å². The van der Waals surface area contributed by atoms with Crippen molar-refractivity contribution >= 4 is 11.6 Å². The molecular weight excluding hydrogens is 258 g/mol. The van der Waals surface area contributed by atoms with Crippen LogP contribution in [0.15, 0.2) is 48.5 Å². The number of rotatable bonds is 4. The summed E-state index contributed by atoms with van der Waals surface area (Å²) in [5.74, 6) is 0.470. The number of ether oxygens (including phenoxy) is 1. The van der Waals surface area contributed by atoms with E-state index in [9.17, 15) is 5.26 Å². The Morgan fingerprint density at radius 2 is 1.84 bits per heavy atom. The average molecular weight is 272 g/mol. The van der Waals surface area contributed by atoms with E-state index in [0.717, 1.165) is 16.9 Å². The molecule has 0 aliphatic heterocycles. The Morgan fingerprint density at radius 3 is 2.53 bits per heavy atom. The monoisotopic (exact) mass is 271 g/mol. The molecule has 2 rings (SSSR count). The third-order valence-electron chi connectivity index (χ3n) is 3.05. The van der Waals surface area contributed by atoms with E-state index in [4.69, 9.17) is 16.3 Å². The molecule has 0 aliphatic rings. The van der Waals surface area contributed by atoms with Crippen molar-refractivity contribution in [2.45, 2.75) is 12.3 Å². The van der Waals surface area contributed by atoms with Crippen molar-refractivity contribution in [1.29, 1.82) is 5.26 Å². The van der Waals surface area contributed by atoms with Gasteiger partial charge in [0.25, 0.3) is 0 Å². The molecule has 0 bridgehead atoms. The Bertz CT molecular complexity index is 604. The van der Waals surface area contributed by atoms with Gasteiger partial charge in [-0.05, 0) is 24.1 Å². The van der Waals surface area contributed by atoms with Crippen molar-refractivity contribution in [1.82, 2.24) is 0 Å². The lowest BCUT2D eigenvalue weighted by molar-refractivity contribution is 0.408. The molecule has 96 valence electrons. The Morgan fingerprint density at radius 1 is 1.16 bits per heavy atom. The van der Waals surface area contributed by atoms with Gasteiger partial charge in [0.2, 0.25) is 0 Å². The summed E-state index contributed by atoms with van der Waals surface area (Å²) in [5, 5.41) is 10.1. The van der Waals surface area contributed by atoms with Crippen LogP contribution in [-0.2, 0) is 6.42 Å². The van der Waals surface area contributed by atoms with E-state index in [1.165, 1.54) is 0 Å². The van der Waals surface area contributed by atoms with Crippen LogP contribution in [0.2, 0.25) is 5.02 Å². The molecule has 2 nitrogen and oxygen atoms in total. The molecular formula is C16H14ClNO. The standard InChI is InChI=1S/C16H14ClNO/c1-19-16-9-5-3-7-14(16)13(11-18)10-12-6-2-4-8-15(12)17/h2-9,13H,10H2,1H3. The minimum absolute atomic E-state index is 0.268. The topological polar surface area (TPSA) is 33.0 Å². The zero-order valence-electron chi connectivity index (χ0n) is 10.6. The molecule has 0 amide bonds. The predicted octanol–water partition coefficient (Wildman–Crippen LogP) is 4.20. The molecule has 0 aromatic heterocycles. The van der Waals surface area contributed by atoms with Crippen molar-refractivity contribution in [3.8, 4) is 11.8 Å². The molecule has 2 aromatic rings. The second kappa shape index (κ2) is 6.26. The SMILES string of the molecule is COc1ccccc1C(C#N)Cc1ccccc1Cl. The summed E-state index contributed by atoms with van der Waals surface area (Å²) in [6.45, 7) is 0. The minimum atomic E-state index is -0.268.